The molecule has 174 valence electrons. The molecule has 4 heterocycles. The maximum absolute atomic E-state index is 5.72. The van der Waals surface area contributed by atoms with Gasteiger partial charge >= 0.3 is 0 Å². The second-order valence-electron chi connectivity index (χ2n) is 8.77. The van der Waals surface area contributed by atoms with Crippen LogP contribution in [0.2, 0.25) is 0 Å². The minimum absolute atomic E-state index is 0.00415. The van der Waals surface area contributed by atoms with E-state index < -0.39 is 0 Å². The third-order valence-corrected chi connectivity index (χ3v) is 7.75. The molecule has 6 nitrogen and oxygen atoms in total. The number of nitrogens with one attached hydrogen (secondary N) is 1. The number of aromatic nitrogens is 2. The lowest BCUT2D eigenvalue weighted by molar-refractivity contribution is 0.174. The number of benzene rings is 3. The number of thiazole rings is 1. The first kappa shape index (κ1) is 20.4. The molecule has 0 bridgehead atoms. The molecule has 5 aromatic rings. The van der Waals surface area contributed by atoms with Crippen LogP contribution >= 0.6 is 11.3 Å². The molecule has 0 amide bonds. The zero-order valence-electron chi connectivity index (χ0n) is 19.2. The maximum atomic E-state index is 5.72. The van der Waals surface area contributed by atoms with Gasteiger partial charge in [0, 0.05) is 34.1 Å². The quantitative estimate of drug-likeness (QED) is 0.332. The Morgan fingerprint density at radius 1 is 1.03 bits per heavy atom. The SMILES string of the molecule is COc1ccc(-c2csc(N3CCc4c([nH]c5ccccc45)C3c3ccc4c(c3)OCO4)n2)cc1. The number of methoxy groups -OCH3 is 1. The Bertz CT molecular complexity index is 1540. The number of aromatic amines is 1. The van der Waals surface area contributed by atoms with E-state index >= 15 is 0 Å². The first-order chi connectivity index (χ1) is 17.3. The monoisotopic (exact) mass is 481 g/mol. The predicted octanol–water partition coefficient (Wildman–Crippen LogP) is 6.18. The lowest BCUT2D eigenvalue weighted by atomic mass is 9.92. The van der Waals surface area contributed by atoms with Crippen LogP contribution < -0.4 is 19.1 Å². The van der Waals surface area contributed by atoms with E-state index in [1.807, 2.05) is 18.2 Å². The summed E-state index contributed by atoms with van der Waals surface area (Å²) in [6.45, 7) is 1.14. The third-order valence-electron chi connectivity index (χ3n) is 6.87. The number of hydrogen-bond donors (Lipinski definition) is 1. The van der Waals surface area contributed by atoms with Crippen molar-refractivity contribution in [2.45, 2.75) is 12.5 Å². The molecule has 0 radical (unpaired) electrons. The van der Waals surface area contributed by atoms with E-state index in [1.165, 1.54) is 22.2 Å². The lowest BCUT2D eigenvalue weighted by Gasteiger charge is -2.36. The van der Waals surface area contributed by atoms with Crippen LogP contribution in [0.25, 0.3) is 22.2 Å². The molecule has 35 heavy (non-hydrogen) atoms. The van der Waals surface area contributed by atoms with Crippen LogP contribution in [0.4, 0.5) is 5.13 Å². The summed E-state index contributed by atoms with van der Waals surface area (Å²) < 4.78 is 16.6. The van der Waals surface area contributed by atoms with E-state index in [-0.39, 0.29) is 12.8 Å². The van der Waals surface area contributed by atoms with Crippen molar-refractivity contribution in [3.63, 3.8) is 0 Å². The average molecular weight is 482 g/mol. The summed E-state index contributed by atoms with van der Waals surface area (Å²) in [6, 6.07) is 22.9. The minimum atomic E-state index is -0.00415. The Balaban J connectivity index is 1.33. The highest BCUT2D eigenvalue weighted by atomic mass is 32.1. The van der Waals surface area contributed by atoms with Gasteiger partial charge in [0.15, 0.2) is 16.6 Å². The Labute approximate surface area is 206 Å². The van der Waals surface area contributed by atoms with E-state index in [2.05, 4.69) is 63.8 Å². The molecular formula is C28H23N3O3S. The van der Waals surface area contributed by atoms with Crippen LogP contribution in [-0.4, -0.2) is 30.4 Å². The Kier molecular flexibility index (Phi) is 4.70. The number of para-hydroxylation sites is 1. The average Bonchev–Trinajstić information content (AvgIpc) is 3.66. The smallest absolute Gasteiger partial charge is 0.231 e. The van der Waals surface area contributed by atoms with Gasteiger partial charge in [-0.3, -0.25) is 0 Å². The number of anilines is 1. The molecule has 0 spiro atoms. The summed E-state index contributed by atoms with van der Waals surface area (Å²) in [5.74, 6) is 2.43. The maximum Gasteiger partial charge on any atom is 0.231 e. The van der Waals surface area contributed by atoms with Crippen LogP contribution in [0, 0.1) is 0 Å². The molecule has 2 aliphatic heterocycles. The zero-order chi connectivity index (χ0) is 23.4. The van der Waals surface area contributed by atoms with Crippen molar-refractivity contribution >= 4 is 27.4 Å². The second-order valence-corrected chi connectivity index (χ2v) is 9.60. The number of ether oxygens (including phenoxy) is 3. The van der Waals surface area contributed by atoms with Gasteiger partial charge in [0.25, 0.3) is 0 Å². The summed E-state index contributed by atoms with van der Waals surface area (Å²) in [5, 5.41) is 4.43. The van der Waals surface area contributed by atoms with Crippen molar-refractivity contribution < 1.29 is 14.2 Å². The van der Waals surface area contributed by atoms with Crippen LogP contribution in [0.3, 0.4) is 0 Å². The lowest BCUT2D eigenvalue weighted by Crippen LogP contribution is -2.36. The van der Waals surface area contributed by atoms with Gasteiger partial charge in [0.05, 0.1) is 18.8 Å². The molecule has 1 atom stereocenters. The Hall–Kier alpha value is -3.97. The molecule has 7 rings (SSSR count). The van der Waals surface area contributed by atoms with E-state index in [4.69, 9.17) is 19.2 Å². The van der Waals surface area contributed by atoms with Crippen LogP contribution in [0.1, 0.15) is 22.9 Å². The van der Waals surface area contributed by atoms with Crippen LogP contribution in [0.5, 0.6) is 17.2 Å². The number of hydrogen-bond acceptors (Lipinski definition) is 6. The molecule has 1 unspecified atom stereocenters. The number of H-pyrrole nitrogens is 1. The van der Waals surface area contributed by atoms with Gasteiger partial charge < -0.3 is 24.1 Å². The normalized spacial score (nSPS) is 16.5. The van der Waals surface area contributed by atoms with Crippen molar-refractivity contribution in [3.8, 4) is 28.5 Å². The molecule has 7 heteroatoms. The molecule has 0 aliphatic carbocycles. The number of rotatable bonds is 4. The zero-order valence-corrected chi connectivity index (χ0v) is 20.0. The van der Waals surface area contributed by atoms with Crippen molar-refractivity contribution in [3.05, 3.63) is 88.9 Å². The highest BCUT2D eigenvalue weighted by molar-refractivity contribution is 7.14. The van der Waals surface area contributed by atoms with Gasteiger partial charge in [-0.2, -0.15) is 0 Å². The van der Waals surface area contributed by atoms with Gasteiger partial charge in [0.2, 0.25) is 6.79 Å². The predicted molar refractivity (Wildman–Crippen MR) is 138 cm³/mol. The molecule has 2 aliphatic rings. The van der Waals surface area contributed by atoms with Crippen LogP contribution in [-0.2, 0) is 6.42 Å². The largest absolute Gasteiger partial charge is 0.497 e. The summed E-state index contributed by atoms with van der Waals surface area (Å²) in [7, 11) is 1.68. The van der Waals surface area contributed by atoms with E-state index in [0.29, 0.717) is 0 Å². The fraction of sp³-hybridized carbons (Fsp3) is 0.179. The summed E-state index contributed by atoms with van der Waals surface area (Å²) in [4.78, 5) is 11.2. The fourth-order valence-corrected chi connectivity index (χ4v) is 6.06. The molecule has 0 saturated carbocycles. The van der Waals surface area contributed by atoms with Gasteiger partial charge in [-0.15, -0.1) is 11.3 Å². The highest BCUT2D eigenvalue weighted by Gasteiger charge is 2.34. The molecule has 1 N–H and O–H groups in total. The van der Waals surface area contributed by atoms with Gasteiger partial charge in [-0.05, 0) is 60.0 Å². The third kappa shape index (κ3) is 3.34. The number of fused-ring (bicyclic) bond motifs is 4. The van der Waals surface area contributed by atoms with E-state index in [0.717, 1.165) is 52.2 Å². The molecule has 0 fully saturated rings. The van der Waals surface area contributed by atoms with Crippen LogP contribution in [0.15, 0.2) is 72.1 Å². The fourth-order valence-electron chi connectivity index (χ4n) is 5.17. The first-order valence-electron chi connectivity index (χ1n) is 11.6. The second kappa shape index (κ2) is 8.06. The first-order valence-corrected chi connectivity index (χ1v) is 12.5. The Morgan fingerprint density at radius 3 is 2.77 bits per heavy atom. The molecule has 2 aromatic heterocycles. The highest BCUT2D eigenvalue weighted by Crippen LogP contribution is 2.44. The van der Waals surface area contributed by atoms with Crippen molar-refractivity contribution in [2.75, 3.05) is 25.3 Å². The van der Waals surface area contributed by atoms with E-state index in [1.54, 1.807) is 18.4 Å². The van der Waals surface area contributed by atoms with Gasteiger partial charge in [-0.1, -0.05) is 24.3 Å². The molecular weight excluding hydrogens is 458 g/mol. The summed E-state index contributed by atoms with van der Waals surface area (Å²) >= 11 is 1.68. The van der Waals surface area contributed by atoms with Crippen molar-refractivity contribution in [1.29, 1.82) is 0 Å². The van der Waals surface area contributed by atoms with Crippen molar-refractivity contribution in [2.24, 2.45) is 0 Å². The van der Waals surface area contributed by atoms with Gasteiger partial charge in [0.1, 0.15) is 5.75 Å². The standard InChI is InChI=1S/C28H23N3O3S/c1-32-19-9-6-17(7-10-19)23-15-35-28(30-23)31-13-12-21-20-4-2-3-5-22(20)29-26(21)27(31)18-8-11-24-25(14-18)34-16-33-24/h2-11,14-15,27,29H,12-13,16H2,1H3. The van der Waals surface area contributed by atoms with Gasteiger partial charge in [-0.25, -0.2) is 4.98 Å². The molecule has 0 saturated heterocycles. The summed E-state index contributed by atoms with van der Waals surface area (Å²) in [5.41, 5.74) is 6.98. The number of nitrogens with zero attached hydrogens (tertiary/aromatic N) is 2. The van der Waals surface area contributed by atoms with E-state index in [9.17, 15) is 0 Å². The summed E-state index contributed by atoms with van der Waals surface area (Å²) in [6.07, 6.45) is 0.956. The molecule has 3 aromatic carbocycles. The van der Waals surface area contributed by atoms with Crippen molar-refractivity contribution in [1.82, 2.24) is 9.97 Å². The minimum Gasteiger partial charge on any atom is -0.497 e. The Morgan fingerprint density at radius 2 is 1.89 bits per heavy atom. The topological polar surface area (TPSA) is 59.6 Å².